The van der Waals surface area contributed by atoms with Crippen molar-refractivity contribution in [3.05, 3.63) is 16.1 Å². The maximum atomic E-state index is 10.5. The van der Waals surface area contributed by atoms with Crippen LogP contribution in [0.4, 0.5) is 0 Å². The van der Waals surface area contributed by atoms with Gasteiger partial charge in [-0.25, -0.2) is 4.98 Å². The van der Waals surface area contributed by atoms with E-state index in [-0.39, 0.29) is 0 Å². The Morgan fingerprint density at radius 3 is 3.12 bits per heavy atom. The topological polar surface area (TPSA) is 76.2 Å². The van der Waals surface area contributed by atoms with E-state index in [1.807, 2.05) is 5.38 Å². The van der Waals surface area contributed by atoms with E-state index >= 15 is 0 Å². The van der Waals surface area contributed by atoms with Crippen molar-refractivity contribution in [2.45, 2.75) is 31.6 Å². The molecule has 0 radical (unpaired) electrons. The second-order valence-electron chi connectivity index (χ2n) is 3.44. The first-order chi connectivity index (χ1) is 7.63. The summed E-state index contributed by atoms with van der Waals surface area (Å²) >= 11 is 3.18. The molecule has 0 aliphatic rings. The van der Waals surface area contributed by atoms with Gasteiger partial charge in [0.25, 0.3) is 0 Å². The summed E-state index contributed by atoms with van der Waals surface area (Å²) in [5.41, 5.74) is 6.42. The Hall–Kier alpha value is -0.590. The summed E-state index contributed by atoms with van der Waals surface area (Å²) in [4.78, 5) is 14.9. The second-order valence-corrected chi connectivity index (χ2v) is 5.42. The molecule has 0 saturated heterocycles. The van der Waals surface area contributed by atoms with Gasteiger partial charge >= 0.3 is 5.97 Å². The maximum absolute atomic E-state index is 10.5. The Kier molecular flexibility index (Phi) is 5.79. The predicted octanol–water partition coefficient (Wildman–Crippen LogP) is 1.74. The number of carbonyl (C=O) groups is 1. The molecule has 0 fully saturated rings. The zero-order valence-electron chi connectivity index (χ0n) is 9.18. The quantitative estimate of drug-likeness (QED) is 0.781. The van der Waals surface area contributed by atoms with E-state index in [0.29, 0.717) is 5.75 Å². The molecule has 0 amide bonds. The molecular weight excluding hydrogens is 244 g/mol. The van der Waals surface area contributed by atoms with Gasteiger partial charge in [-0.15, -0.1) is 11.3 Å². The monoisotopic (exact) mass is 260 g/mol. The number of thiazole rings is 1. The molecule has 16 heavy (non-hydrogen) atoms. The minimum absolute atomic E-state index is 0.427. The Morgan fingerprint density at radius 1 is 1.75 bits per heavy atom. The fraction of sp³-hybridized carbons (Fsp3) is 0.600. The molecule has 0 unspecified atom stereocenters. The van der Waals surface area contributed by atoms with Crippen molar-refractivity contribution >= 4 is 29.1 Å². The van der Waals surface area contributed by atoms with Gasteiger partial charge in [0.1, 0.15) is 6.04 Å². The molecule has 3 N–H and O–H groups in total. The van der Waals surface area contributed by atoms with E-state index in [4.69, 9.17) is 10.8 Å². The molecule has 0 spiro atoms. The Bertz CT molecular complexity index is 341. The molecule has 1 heterocycles. The molecule has 1 aromatic rings. The van der Waals surface area contributed by atoms with E-state index in [2.05, 4.69) is 11.9 Å². The van der Waals surface area contributed by atoms with Crippen LogP contribution in [0.1, 0.15) is 24.0 Å². The molecule has 4 nitrogen and oxygen atoms in total. The fourth-order valence-electron chi connectivity index (χ4n) is 1.11. The molecule has 6 heteroatoms. The summed E-state index contributed by atoms with van der Waals surface area (Å²) < 4.78 is 0. The number of nitrogens with two attached hydrogens (primary N) is 1. The van der Waals surface area contributed by atoms with Crippen molar-refractivity contribution in [1.82, 2.24) is 4.98 Å². The van der Waals surface area contributed by atoms with E-state index in [1.54, 1.807) is 11.3 Å². The molecule has 0 aromatic carbocycles. The van der Waals surface area contributed by atoms with Crippen molar-refractivity contribution in [2.75, 3.05) is 5.75 Å². The van der Waals surface area contributed by atoms with Crippen molar-refractivity contribution in [1.29, 1.82) is 0 Å². The number of hydrogen-bond acceptors (Lipinski definition) is 5. The first-order valence-electron chi connectivity index (χ1n) is 5.13. The number of carboxylic acid groups (broad SMARTS) is 1. The Labute approximate surface area is 103 Å². The number of aromatic nitrogens is 1. The number of rotatable bonds is 7. The van der Waals surface area contributed by atoms with Crippen molar-refractivity contribution < 1.29 is 9.90 Å². The smallest absolute Gasteiger partial charge is 0.321 e. The highest BCUT2D eigenvalue weighted by Crippen LogP contribution is 2.17. The molecule has 0 bridgehead atoms. The summed E-state index contributed by atoms with van der Waals surface area (Å²) in [5, 5.41) is 11.8. The first-order valence-corrected chi connectivity index (χ1v) is 7.16. The van der Waals surface area contributed by atoms with Crippen molar-refractivity contribution in [3.8, 4) is 0 Å². The highest BCUT2D eigenvalue weighted by molar-refractivity contribution is 7.98. The standard InChI is InChI=1S/C10H16N2O2S2/c1-2-3-9-12-7(5-16-9)4-15-6-8(11)10(13)14/h5,8H,2-4,6,11H2,1H3,(H,13,14)/t8-/m0/s1. The predicted molar refractivity (Wildman–Crippen MR) is 67.9 cm³/mol. The van der Waals surface area contributed by atoms with Gasteiger partial charge in [0.05, 0.1) is 10.7 Å². The van der Waals surface area contributed by atoms with Crippen LogP contribution in [0.5, 0.6) is 0 Å². The van der Waals surface area contributed by atoms with Crippen LogP contribution in [0, 0.1) is 0 Å². The van der Waals surface area contributed by atoms with Gasteiger partial charge in [0.2, 0.25) is 0 Å². The average molecular weight is 260 g/mol. The van der Waals surface area contributed by atoms with Gasteiger partial charge in [-0.05, 0) is 12.8 Å². The average Bonchev–Trinajstić information content (AvgIpc) is 2.66. The third-order valence-electron chi connectivity index (χ3n) is 1.93. The molecular formula is C10H16N2O2S2. The highest BCUT2D eigenvalue weighted by atomic mass is 32.2. The Balaban J connectivity index is 2.29. The Morgan fingerprint density at radius 2 is 2.50 bits per heavy atom. The molecule has 1 aromatic heterocycles. The number of nitrogens with zero attached hydrogens (tertiary/aromatic N) is 1. The zero-order chi connectivity index (χ0) is 12.0. The number of carboxylic acids is 1. The van der Waals surface area contributed by atoms with Crippen LogP contribution in [0.25, 0.3) is 0 Å². The molecule has 0 aliphatic carbocycles. The lowest BCUT2D eigenvalue weighted by Crippen LogP contribution is -2.32. The van der Waals surface area contributed by atoms with E-state index in [1.165, 1.54) is 11.8 Å². The SMILES string of the molecule is CCCc1nc(CSC[C@H](N)C(=O)O)cs1. The number of hydrogen-bond donors (Lipinski definition) is 2. The lowest BCUT2D eigenvalue weighted by atomic mass is 10.3. The highest BCUT2D eigenvalue weighted by Gasteiger charge is 2.11. The molecule has 0 saturated carbocycles. The second kappa shape index (κ2) is 6.88. The number of aliphatic carboxylic acids is 1. The van der Waals surface area contributed by atoms with Crippen molar-refractivity contribution in [3.63, 3.8) is 0 Å². The number of aryl methyl sites for hydroxylation is 1. The van der Waals surface area contributed by atoms with Gasteiger partial charge in [-0.3, -0.25) is 4.79 Å². The van der Waals surface area contributed by atoms with Crippen molar-refractivity contribution in [2.24, 2.45) is 5.73 Å². The van der Waals surface area contributed by atoms with E-state index in [0.717, 1.165) is 29.3 Å². The van der Waals surface area contributed by atoms with Crippen LogP contribution in [0.2, 0.25) is 0 Å². The summed E-state index contributed by atoms with van der Waals surface area (Å²) in [6.07, 6.45) is 2.12. The summed E-state index contributed by atoms with van der Waals surface area (Å²) in [5.74, 6) is 0.217. The molecule has 90 valence electrons. The normalized spacial score (nSPS) is 12.6. The van der Waals surface area contributed by atoms with Gasteiger partial charge in [0.15, 0.2) is 0 Å². The van der Waals surface area contributed by atoms with Gasteiger partial charge in [-0.2, -0.15) is 11.8 Å². The largest absolute Gasteiger partial charge is 0.480 e. The van der Waals surface area contributed by atoms with Crippen LogP contribution in [0.3, 0.4) is 0 Å². The number of thioether (sulfide) groups is 1. The van der Waals surface area contributed by atoms with Crippen LogP contribution in [-0.2, 0) is 17.0 Å². The van der Waals surface area contributed by atoms with Crippen LogP contribution in [-0.4, -0.2) is 27.9 Å². The minimum atomic E-state index is -0.947. The fourth-order valence-corrected chi connectivity index (χ4v) is 2.98. The zero-order valence-corrected chi connectivity index (χ0v) is 10.8. The molecule has 1 rings (SSSR count). The van der Waals surface area contributed by atoms with Gasteiger partial charge in [0, 0.05) is 16.9 Å². The van der Waals surface area contributed by atoms with Gasteiger partial charge < -0.3 is 10.8 Å². The summed E-state index contributed by atoms with van der Waals surface area (Å²) in [6.45, 7) is 2.13. The third kappa shape index (κ3) is 4.51. The maximum Gasteiger partial charge on any atom is 0.321 e. The van der Waals surface area contributed by atoms with Crippen LogP contribution in [0.15, 0.2) is 5.38 Å². The van der Waals surface area contributed by atoms with E-state index in [9.17, 15) is 4.79 Å². The summed E-state index contributed by atoms with van der Waals surface area (Å²) in [7, 11) is 0. The van der Waals surface area contributed by atoms with Crippen LogP contribution >= 0.6 is 23.1 Å². The lowest BCUT2D eigenvalue weighted by Gasteiger charge is -2.04. The van der Waals surface area contributed by atoms with Gasteiger partial charge in [-0.1, -0.05) is 6.92 Å². The third-order valence-corrected chi connectivity index (χ3v) is 3.98. The lowest BCUT2D eigenvalue weighted by molar-refractivity contribution is -0.137. The molecule has 1 atom stereocenters. The minimum Gasteiger partial charge on any atom is -0.480 e. The summed E-state index contributed by atoms with van der Waals surface area (Å²) in [6, 6.07) is -0.779. The van der Waals surface area contributed by atoms with Crippen LogP contribution < -0.4 is 5.73 Å². The first kappa shape index (κ1) is 13.5. The van der Waals surface area contributed by atoms with E-state index < -0.39 is 12.0 Å². The molecule has 0 aliphatic heterocycles.